The predicted octanol–water partition coefficient (Wildman–Crippen LogP) is 7.37. The highest BCUT2D eigenvalue weighted by Crippen LogP contribution is 2.46. The van der Waals surface area contributed by atoms with Crippen LogP contribution in [0, 0.1) is 11.3 Å². The molecule has 4 nitrogen and oxygen atoms in total. The highest BCUT2D eigenvalue weighted by atomic mass is 19.1. The molecule has 0 saturated heterocycles. The Hall–Kier alpha value is -3.70. The van der Waals surface area contributed by atoms with Crippen molar-refractivity contribution in [2.75, 3.05) is 12.0 Å². The second-order valence-corrected chi connectivity index (χ2v) is 8.97. The number of hydrogen-bond donors (Lipinski definition) is 3. The maximum atomic E-state index is 14.6. The average Bonchev–Trinajstić information content (AvgIpc) is 3.23. The van der Waals surface area contributed by atoms with E-state index >= 15 is 0 Å². The van der Waals surface area contributed by atoms with Gasteiger partial charge in [-0.25, -0.2) is 9.82 Å². The van der Waals surface area contributed by atoms with E-state index in [9.17, 15) is 4.39 Å². The van der Waals surface area contributed by atoms with Crippen LogP contribution in [0.3, 0.4) is 0 Å². The van der Waals surface area contributed by atoms with Crippen LogP contribution in [-0.2, 0) is 4.74 Å². The Balaban J connectivity index is 1.63. The average molecular weight is 468 g/mol. The largest absolute Gasteiger partial charge is 0.478 e. The van der Waals surface area contributed by atoms with Gasteiger partial charge in [0.2, 0.25) is 5.90 Å². The maximum absolute atomic E-state index is 14.6. The van der Waals surface area contributed by atoms with Gasteiger partial charge in [0.15, 0.2) is 6.30 Å². The van der Waals surface area contributed by atoms with Gasteiger partial charge in [-0.05, 0) is 77.3 Å². The SMILES string of the molecule is CCOC(=N)/C=C/c1ccc(/C(=C(\c2ccccc2)C2CCC2)c2ccc3c(c2)C(F)NN3)cc1. The lowest BCUT2D eigenvalue weighted by atomic mass is 9.73. The summed E-state index contributed by atoms with van der Waals surface area (Å²) in [6.45, 7) is 2.35. The molecule has 3 aromatic carbocycles. The van der Waals surface area contributed by atoms with Gasteiger partial charge in [-0.3, -0.25) is 5.41 Å². The zero-order valence-electron chi connectivity index (χ0n) is 19.9. The number of fused-ring (bicyclic) bond motifs is 1. The molecule has 0 bridgehead atoms. The summed E-state index contributed by atoms with van der Waals surface area (Å²) >= 11 is 0. The molecule has 2 aliphatic rings. The van der Waals surface area contributed by atoms with Gasteiger partial charge >= 0.3 is 0 Å². The Morgan fingerprint density at radius 3 is 2.43 bits per heavy atom. The van der Waals surface area contributed by atoms with Crippen LogP contribution in [0.2, 0.25) is 0 Å². The zero-order chi connectivity index (χ0) is 24.2. The summed E-state index contributed by atoms with van der Waals surface area (Å²) in [5.74, 6) is 0.624. The Labute approximate surface area is 206 Å². The minimum Gasteiger partial charge on any atom is -0.478 e. The molecule has 1 atom stereocenters. The Morgan fingerprint density at radius 1 is 1.00 bits per heavy atom. The number of benzene rings is 3. The van der Waals surface area contributed by atoms with Gasteiger partial charge in [-0.1, -0.05) is 67.1 Å². The number of hydrogen-bond acceptors (Lipinski definition) is 4. The molecule has 3 N–H and O–H groups in total. The van der Waals surface area contributed by atoms with Crippen molar-refractivity contribution in [3.63, 3.8) is 0 Å². The van der Waals surface area contributed by atoms with Gasteiger partial charge in [-0.2, -0.15) is 0 Å². The van der Waals surface area contributed by atoms with E-state index in [4.69, 9.17) is 10.1 Å². The van der Waals surface area contributed by atoms with Crippen LogP contribution < -0.4 is 10.9 Å². The summed E-state index contributed by atoms with van der Waals surface area (Å²) in [6, 6.07) is 24.9. The van der Waals surface area contributed by atoms with Crippen LogP contribution in [0.15, 0.2) is 78.9 Å². The van der Waals surface area contributed by atoms with E-state index in [2.05, 4.69) is 65.4 Å². The third-order valence-electron chi connectivity index (χ3n) is 6.74. The summed E-state index contributed by atoms with van der Waals surface area (Å²) < 4.78 is 19.8. The van der Waals surface area contributed by atoms with Crippen LogP contribution in [0.4, 0.5) is 10.1 Å². The molecule has 0 spiro atoms. The van der Waals surface area contributed by atoms with Gasteiger partial charge in [0.25, 0.3) is 0 Å². The number of hydrazine groups is 1. The first kappa shape index (κ1) is 23.1. The molecule has 1 aliphatic heterocycles. The summed E-state index contributed by atoms with van der Waals surface area (Å²) in [4.78, 5) is 0. The van der Waals surface area contributed by atoms with Crippen molar-refractivity contribution in [3.8, 4) is 0 Å². The van der Waals surface area contributed by atoms with Crippen molar-refractivity contribution in [2.45, 2.75) is 32.5 Å². The van der Waals surface area contributed by atoms with Gasteiger partial charge < -0.3 is 10.2 Å². The standard InChI is InChI=1S/C30H30FN3O/c1-2-35-27(32)18-13-20-11-14-23(15-12-20)29(24-16-17-26-25(19-24)30(31)34-33-26)28(22-9-6-10-22)21-7-4-3-5-8-21/h3-5,7-8,11-19,22,30,32-34H,2,6,9-10H2,1H3/b18-13+,29-28-,32-27?. The van der Waals surface area contributed by atoms with Crippen LogP contribution >= 0.6 is 0 Å². The van der Waals surface area contributed by atoms with Crippen molar-refractivity contribution >= 4 is 28.8 Å². The van der Waals surface area contributed by atoms with Crippen LogP contribution in [0.25, 0.3) is 17.2 Å². The Morgan fingerprint density at radius 2 is 1.74 bits per heavy atom. The Bertz CT molecular complexity index is 1260. The van der Waals surface area contributed by atoms with Gasteiger partial charge in [0, 0.05) is 11.6 Å². The molecule has 0 aromatic heterocycles. The van der Waals surface area contributed by atoms with Crippen LogP contribution in [-0.4, -0.2) is 12.5 Å². The topological polar surface area (TPSA) is 57.1 Å². The molecule has 0 amide bonds. The number of ether oxygens (including phenoxy) is 1. The number of allylic oxidation sites excluding steroid dienone is 1. The molecular weight excluding hydrogens is 437 g/mol. The summed E-state index contributed by atoms with van der Waals surface area (Å²) in [6.07, 6.45) is 5.87. The highest BCUT2D eigenvalue weighted by Gasteiger charge is 2.28. The highest BCUT2D eigenvalue weighted by molar-refractivity contribution is 6.00. The lowest BCUT2D eigenvalue weighted by Gasteiger charge is -2.31. The summed E-state index contributed by atoms with van der Waals surface area (Å²) in [5, 5.41) is 7.81. The van der Waals surface area contributed by atoms with Crippen molar-refractivity contribution < 1.29 is 9.13 Å². The van der Waals surface area contributed by atoms with Crippen molar-refractivity contribution in [1.29, 1.82) is 5.41 Å². The van der Waals surface area contributed by atoms with E-state index in [1.165, 1.54) is 17.6 Å². The molecular formula is C30H30FN3O. The molecule has 0 radical (unpaired) electrons. The third kappa shape index (κ3) is 4.91. The fourth-order valence-corrected chi connectivity index (χ4v) is 4.77. The molecule has 1 heterocycles. The van der Waals surface area contributed by atoms with E-state index in [1.54, 1.807) is 6.08 Å². The molecule has 1 fully saturated rings. The number of alkyl halides is 1. The maximum Gasteiger partial charge on any atom is 0.205 e. The minimum absolute atomic E-state index is 0.148. The third-order valence-corrected chi connectivity index (χ3v) is 6.74. The Kier molecular flexibility index (Phi) is 6.77. The fourth-order valence-electron chi connectivity index (χ4n) is 4.77. The fraction of sp³-hybridized carbons (Fsp3) is 0.233. The summed E-state index contributed by atoms with van der Waals surface area (Å²) in [5.41, 5.74) is 13.8. The second-order valence-electron chi connectivity index (χ2n) is 8.97. The molecule has 5 rings (SSSR count). The normalized spacial score (nSPS) is 17.9. The van der Waals surface area contributed by atoms with Crippen LogP contribution in [0.5, 0.6) is 0 Å². The first-order chi connectivity index (χ1) is 17.1. The molecule has 1 saturated carbocycles. The van der Waals surface area contributed by atoms with E-state index in [0.29, 0.717) is 18.1 Å². The van der Waals surface area contributed by atoms with E-state index in [1.807, 2.05) is 31.2 Å². The van der Waals surface area contributed by atoms with Crippen LogP contribution in [0.1, 0.15) is 60.3 Å². The molecule has 1 unspecified atom stereocenters. The number of halogens is 1. The van der Waals surface area contributed by atoms with E-state index in [-0.39, 0.29) is 5.90 Å². The van der Waals surface area contributed by atoms with Gasteiger partial charge in [-0.15, -0.1) is 0 Å². The monoisotopic (exact) mass is 467 g/mol. The molecule has 5 heteroatoms. The van der Waals surface area contributed by atoms with Crippen molar-refractivity contribution in [2.24, 2.45) is 5.92 Å². The van der Waals surface area contributed by atoms with E-state index < -0.39 is 6.30 Å². The van der Waals surface area contributed by atoms with E-state index in [0.717, 1.165) is 40.8 Å². The summed E-state index contributed by atoms with van der Waals surface area (Å²) in [7, 11) is 0. The predicted molar refractivity (Wildman–Crippen MR) is 142 cm³/mol. The first-order valence-corrected chi connectivity index (χ1v) is 12.2. The molecule has 3 aromatic rings. The van der Waals surface area contributed by atoms with Crippen molar-refractivity contribution in [1.82, 2.24) is 5.43 Å². The molecule has 35 heavy (non-hydrogen) atoms. The van der Waals surface area contributed by atoms with Gasteiger partial charge in [0.1, 0.15) is 0 Å². The quantitative estimate of drug-likeness (QED) is 0.147. The lowest BCUT2D eigenvalue weighted by molar-refractivity contribution is 0.314. The smallest absolute Gasteiger partial charge is 0.205 e. The van der Waals surface area contributed by atoms with Gasteiger partial charge in [0.05, 0.1) is 12.3 Å². The first-order valence-electron chi connectivity index (χ1n) is 12.2. The van der Waals surface area contributed by atoms with Crippen molar-refractivity contribution in [3.05, 3.63) is 107 Å². The lowest BCUT2D eigenvalue weighted by Crippen LogP contribution is -2.15. The minimum atomic E-state index is -1.23. The number of rotatable bonds is 7. The molecule has 178 valence electrons. The number of anilines is 1. The molecule has 1 aliphatic carbocycles. The zero-order valence-corrected chi connectivity index (χ0v) is 19.9. The number of nitrogens with one attached hydrogen (secondary N) is 3. The second kappa shape index (κ2) is 10.3.